The first kappa shape index (κ1) is 24.0. The van der Waals surface area contributed by atoms with Crippen LogP contribution in [-0.2, 0) is 9.47 Å². The average molecular weight is 591 g/mol. The van der Waals surface area contributed by atoms with Gasteiger partial charge in [-0.1, -0.05) is 34.2 Å². The van der Waals surface area contributed by atoms with Gasteiger partial charge in [-0.05, 0) is 18.9 Å². The molecule has 4 N–H and O–H groups in total. The number of H-pyrrole nitrogens is 1. The molecule has 0 aromatic carbocycles. The molecule has 2 atom stereocenters. The number of amidine groups is 1. The molecule has 178 valence electrons. The van der Waals surface area contributed by atoms with Gasteiger partial charge in [0.25, 0.3) is 0 Å². The van der Waals surface area contributed by atoms with Crippen LogP contribution in [0.5, 0.6) is 0 Å². The summed E-state index contributed by atoms with van der Waals surface area (Å²) in [6, 6.07) is 1.55. The molecule has 0 bridgehead atoms. The Balaban J connectivity index is 1.42. The van der Waals surface area contributed by atoms with Crippen LogP contribution in [0, 0.1) is 5.92 Å². The standard InChI is InChI=1S/C21H25ClFIN6O3/c22-13-5-15-16(8-27-19(15)26-7-13)18(25)29-20(17(23)6-24)28-14-1-3-30(9-14)21(31)33-11-12-2-4-32-10-12/h5,7-8,12,14,28H,1-4,6,9-11H2,(H2,25,29)(H,26,27)/b20-17+/t12?,14-/m0/s1. The van der Waals surface area contributed by atoms with E-state index in [1.54, 1.807) is 17.2 Å². The molecule has 0 aliphatic carbocycles. The second kappa shape index (κ2) is 10.9. The van der Waals surface area contributed by atoms with E-state index in [1.165, 1.54) is 6.20 Å². The fourth-order valence-electron chi connectivity index (χ4n) is 3.84. The predicted molar refractivity (Wildman–Crippen MR) is 132 cm³/mol. The van der Waals surface area contributed by atoms with E-state index in [0.29, 0.717) is 61.0 Å². The summed E-state index contributed by atoms with van der Waals surface area (Å²) in [5.41, 5.74) is 7.40. The number of rotatable bonds is 7. The molecule has 0 spiro atoms. The van der Waals surface area contributed by atoms with E-state index in [4.69, 9.17) is 26.8 Å². The number of aromatic nitrogens is 2. The van der Waals surface area contributed by atoms with E-state index in [9.17, 15) is 9.18 Å². The third-order valence-electron chi connectivity index (χ3n) is 5.63. The number of ether oxygens (including phenoxy) is 2. The number of nitrogens with zero attached hydrogens (tertiary/aromatic N) is 3. The van der Waals surface area contributed by atoms with Gasteiger partial charge in [-0.3, -0.25) is 0 Å². The molecule has 9 nitrogen and oxygen atoms in total. The average Bonchev–Trinajstić information content (AvgIpc) is 3.57. The Morgan fingerprint density at radius 1 is 1.52 bits per heavy atom. The molecule has 4 heterocycles. The number of nitrogens with two attached hydrogens (primary N) is 1. The number of aliphatic imine (C=N–C) groups is 1. The molecule has 2 fully saturated rings. The first-order chi connectivity index (χ1) is 15.9. The fourth-order valence-corrected chi connectivity index (χ4v) is 4.36. The lowest BCUT2D eigenvalue weighted by molar-refractivity contribution is 0.0890. The van der Waals surface area contributed by atoms with Crippen molar-refractivity contribution in [2.45, 2.75) is 18.9 Å². The number of likely N-dealkylation sites (tertiary alicyclic amines) is 1. The van der Waals surface area contributed by atoms with Crippen LogP contribution >= 0.6 is 34.2 Å². The number of pyridine rings is 1. The zero-order chi connectivity index (χ0) is 23.4. The van der Waals surface area contributed by atoms with Gasteiger partial charge in [-0.25, -0.2) is 19.2 Å². The van der Waals surface area contributed by atoms with E-state index in [0.717, 1.165) is 6.42 Å². The van der Waals surface area contributed by atoms with Gasteiger partial charge >= 0.3 is 6.09 Å². The van der Waals surface area contributed by atoms with E-state index in [-0.39, 0.29) is 34.1 Å². The van der Waals surface area contributed by atoms with Crippen LogP contribution < -0.4 is 11.1 Å². The van der Waals surface area contributed by atoms with Gasteiger partial charge in [-0.15, -0.1) is 0 Å². The van der Waals surface area contributed by atoms with Gasteiger partial charge in [0.2, 0.25) is 0 Å². The van der Waals surface area contributed by atoms with Crippen LogP contribution in [0.4, 0.5) is 9.18 Å². The van der Waals surface area contributed by atoms with Crippen molar-refractivity contribution < 1.29 is 18.7 Å². The van der Waals surface area contributed by atoms with E-state index >= 15 is 0 Å². The monoisotopic (exact) mass is 590 g/mol. The summed E-state index contributed by atoms with van der Waals surface area (Å²) in [5, 5.41) is 4.27. The highest BCUT2D eigenvalue weighted by Crippen LogP contribution is 2.22. The summed E-state index contributed by atoms with van der Waals surface area (Å²) in [4.78, 5) is 25.6. The Bertz CT molecular complexity index is 1070. The summed E-state index contributed by atoms with van der Waals surface area (Å²) >= 11 is 7.98. The molecule has 1 unspecified atom stereocenters. The second-order valence-electron chi connectivity index (χ2n) is 8.02. The van der Waals surface area contributed by atoms with Gasteiger partial charge in [0.05, 0.1) is 22.7 Å². The number of amides is 1. The molecule has 0 radical (unpaired) electrons. The van der Waals surface area contributed by atoms with Crippen LogP contribution in [0.25, 0.3) is 11.0 Å². The van der Waals surface area contributed by atoms with E-state index in [2.05, 4.69) is 20.3 Å². The Morgan fingerprint density at radius 2 is 2.36 bits per heavy atom. The SMILES string of the molecule is N/C(=N\C(N[C@H]1CCN(C(=O)OCC2CCOC2)C1)=C(\F)CI)c1c[nH]c2ncc(Cl)cc12. The highest BCUT2D eigenvalue weighted by molar-refractivity contribution is 14.1. The minimum Gasteiger partial charge on any atom is -0.449 e. The molecule has 2 saturated heterocycles. The smallest absolute Gasteiger partial charge is 0.409 e. The Hall–Kier alpha value is -2.12. The first-order valence-electron chi connectivity index (χ1n) is 10.6. The molecular formula is C21H25ClFIN6O3. The number of hydrogen-bond donors (Lipinski definition) is 3. The van der Waals surface area contributed by atoms with Crippen molar-refractivity contribution >= 4 is 57.2 Å². The van der Waals surface area contributed by atoms with Crippen molar-refractivity contribution in [2.75, 3.05) is 37.3 Å². The van der Waals surface area contributed by atoms with Crippen LogP contribution in [0.1, 0.15) is 18.4 Å². The number of nitrogens with one attached hydrogen (secondary N) is 2. The quantitative estimate of drug-likeness (QED) is 0.197. The summed E-state index contributed by atoms with van der Waals surface area (Å²) in [6.07, 6.45) is 4.37. The van der Waals surface area contributed by atoms with Crippen molar-refractivity contribution in [3.05, 3.63) is 40.7 Å². The molecule has 2 aliphatic rings. The lowest BCUT2D eigenvalue weighted by Gasteiger charge is -2.19. The number of fused-ring (bicyclic) bond motifs is 1. The molecule has 12 heteroatoms. The van der Waals surface area contributed by atoms with Crippen molar-refractivity contribution in [1.82, 2.24) is 20.2 Å². The number of alkyl halides is 1. The number of hydrogen-bond acceptors (Lipinski definition) is 6. The topological polar surface area (TPSA) is 118 Å². The molecule has 1 amide bonds. The maximum absolute atomic E-state index is 14.7. The highest BCUT2D eigenvalue weighted by Gasteiger charge is 2.29. The van der Waals surface area contributed by atoms with Crippen molar-refractivity contribution in [1.29, 1.82) is 0 Å². The Labute approximate surface area is 209 Å². The van der Waals surface area contributed by atoms with E-state index in [1.807, 2.05) is 22.6 Å². The van der Waals surface area contributed by atoms with Crippen molar-refractivity contribution in [3.8, 4) is 0 Å². The van der Waals surface area contributed by atoms with Crippen molar-refractivity contribution in [3.63, 3.8) is 0 Å². The Kier molecular flexibility index (Phi) is 7.91. The zero-order valence-electron chi connectivity index (χ0n) is 17.8. The van der Waals surface area contributed by atoms with Crippen LogP contribution in [0.3, 0.4) is 0 Å². The molecule has 2 aliphatic heterocycles. The van der Waals surface area contributed by atoms with E-state index < -0.39 is 5.83 Å². The fraction of sp³-hybridized carbons (Fsp3) is 0.476. The minimum absolute atomic E-state index is 0.0505. The highest BCUT2D eigenvalue weighted by atomic mass is 127. The zero-order valence-corrected chi connectivity index (χ0v) is 20.7. The third kappa shape index (κ3) is 5.87. The van der Waals surface area contributed by atoms with Gasteiger partial charge in [0, 0.05) is 55.0 Å². The second-order valence-corrected chi connectivity index (χ2v) is 9.22. The molecule has 33 heavy (non-hydrogen) atoms. The Morgan fingerprint density at radius 3 is 3.12 bits per heavy atom. The van der Waals surface area contributed by atoms with Crippen LogP contribution in [0.15, 0.2) is 35.1 Å². The molecular weight excluding hydrogens is 566 g/mol. The van der Waals surface area contributed by atoms with Gasteiger partial charge < -0.3 is 30.4 Å². The van der Waals surface area contributed by atoms with Crippen molar-refractivity contribution in [2.24, 2.45) is 16.6 Å². The summed E-state index contributed by atoms with van der Waals surface area (Å²) in [5.74, 6) is -0.00287. The minimum atomic E-state index is -0.434. The molecule has 4 rings (SSSR count). The van der Waals surface area contributed by atoms with Gasteiger partial charge in [0.1, 0.15) is 11.5 Å². The predicted octanol–water partition coefficient (Wildman–Crippen LogP) is 3.33. The maximum Gasteiger partial charge on any atom is 0.409 e. The number of allylic oxidation sites excluding steroid dienone is 1. The molecule has 2 aromatic heterocycles. The largest absolute Gasteiger partial charge is 0.449 e. The molecule has 2 aromatic rings. The normalized spacial score (nSPS) is 22.0. The number of aromatic amines is 1. The third-order valence-corrected chi connectivity index (χ3v) is 6.51. The van der Waals surface area contributed by atoms with Gasteiger partial charge in [-0.2, -0.15) is 0 Å². The van der Waals surface area contributed by atoms with Gasteiger partial charge in [0.15, 0.2) is 11.6 Å². The maximum atomic E-state index is 14.7. The summed E-state index contributed by atoms with van der Waals surface area (Å²) in [6.45, 7) is 2.59. The number of carbonyl (C=O) groups is 1. The first-order valence-corrected chi connectivity index (χ1v) is 12.5. The van der Waals surface area contributed by atoms with Crippen LogP contribution in [-0.4, -0.2) is 70.2 Å². The summed E-state index contributed by atoms with van der Waals surface area (Å²) in [7, 11) is 0. The lowest BCUT2D eigenvalue weighted by Crippen LogP contribution is -2.36. The number of halogens is 3. The van der Waals surface area contributed by atoms with Crippen LogP contribution in [0.2, 0.25) is 5.02 Å². The summed E-state index contributed by atoms with van der Waals surface area (Å²) < 4.78 is 25.5. The number of carbonyl (C=O) groups excluding carboxylic acids is 1. The lowest BCUT2D eigenvalue weighted by atomic mass is 10.1. The molecule has 0 saturated carbocycles.